The summed E-state index contributed by atoms with van der Waals surface area (Å²) in [4.78, 5) is 28.5. The van der Waals surface area contributed by atoms with Gasteiger partial charge in [-0.2, -0.15) is 0 Å². The molecule has 1 aromatic carbocycles. The number of rotatable bonds is 4. The maximum Gasteiger partial charge on any atom is 0.242 e. The molecule has 5 nitrogen and oxygen atoms in total. The topological polar surface area (TPSA) is 71.1 Å². The Kier molecular flexibility index (Phi) is 5.02. The summed E-state index contributed by atoms with van der Waals surface area (Å²) in [5, 5.41) is 8.44. The fourth-order valence-electron chi connectivity index (χ4n) is 2.59. The van der Waals surface area contributed by atoms with Crippen LogP contribution < -0.4 is 10.6 Å². The van der Waals surface area contributed by atoms with Gasteiger partial charge >= 0.3 is 0 Å². The maximum atomic E-state index is 12.2. The van der Waals surface area contributed by atoms with Crippen LogP contribution in [0.5, 0.6) is 0 Å². The van der Waals surface area contributed by atoms with Gasteiger partial charge in [-0.15, -0.1) is 11.3 Å². The first-order valence-electron chi connectivity index (χ1n) is 7.79. The Balaban J connectivity index is 1.60. The average Bonchev–Trinajstić information content (AvgIpc) is 2.93. The second kappa shape index (κ2) is 7.37. The smallest absolute Gasteiger partial charge is 0.242 e. The van der Waals surface area contributed by atoms with Gasteiger partial charge in [-0.1, -0.05) is 30.3 Å². The van der Waals surface area contributed by atoms with Crippen LogP contribution in [0.15, 0.2) is 35.7 Å². The molecule has 0 bridgehead atoms. The van der Waals surface area contributed by atoms with Crippen LogP contribution in [0.3, 0.4) is 0 Å². The van der Waals surface area contributed by atoms with E-state index in [0.29, 0.717) is 13.0 Å². The van der Waals surface area contributed by atoms with Gasteiger partial charge < -0.3 is 10.6 Å². The van der Waals surface area contributed by atoms with E-state index in [2.05, 4.69) is 15.6 Å². The third-order valence-corrected chi connectivity index (χ3v) is 4.72. The number of benzene rings is 1. The molecule has 2 aromatic rings. The van der Waals surface area contributed by atoms with Gasteiger partial charge in [-0.3, -0.25) is 9.59 Å². The first-order chi connectivity index (χ1) is 11.2. The number of nitrogens with zero attached hydrogens (tertiary/aromatic N) is 1. The van der Waals surface area contributed by atoms with Crippen molar-refractivity contribution in [2.75, 3.05) is 6.54 Å². The maximum absolute atomic E-state index is 12.2. The Labute approximate surface area is 139 Å². The summed E-state index contributed by atoms with van der Waals surface area (Å²) >= 11 is 1.52. The summed E-state index contributed by atoms with van der Waals surface area (Å²) in [5.41, 5.74) is 1.78. The third kappa shape index (κ3) is 4.16. The van der Waals surface area contributed by atoms with Crippen molar-refractivity contribution >= 4 is 23.2 Å². The normalized spacial score (nSPS) is 18.1. The lowest BCUT2D eigenvalue weighted by atomic mass is 10.1. The molecule has 2 amide bonds. The van der Waals surface area contributed by atoms with Crippen LogP contribution in [0.1, 0.15) is 25.0 Å². The Morgan fingerprint density at radius 2 is 2.13 bits per heavy atom. The molecule has 1 aromatic heterocycles. The molecule has 120 valence electrons. The van der Waals surface area contributed by atoms with Gasteiger partial charge in [0.1, 0.15) is 11.0 Å². The first-order valence-corrected chi connectivity index (χ1v) is 8.67. The fourth-order valence-corrected chi connectivity index (χ4v) is 3.41. The number of hydrogen-bond donors (Lipinski definition) is 2. The van der Waals surface area contributed by atoms with Crippen LogP contribution in [0.25, 0.3) is 10.6 Å². The minimum atomic E-state index is -0.419. The zero-order valence-corrected chi connectivity index (χ0v) is 13.6. The second-order valence-corrected chi connectivity index (χ2v) is 6.45. The zero-order chi connectivity index (χ0) is 16.1. The lowest BCUT2D eigenvalue weighted by Gasteiger charge is -2.14. The molecule has 0 radical (unpaired) electrons. The lowest BCUT2D eigenvalue weighted by Crippen LogP contribution is -2.46. The minimum Gasteiger partial charge on any atom is -0.354 e. The van der Waals surface area contributed by atoms with Gasteiger partial charge in [0.25, 0.3) is 0 Å². The monoisotopic (exact) mass is 329 g/mol. The van der Waals surface area contributed by atoms with Crippen LogP contribution in [-0.4, -0.2) is 29.4 Å². The van der Waals surface area contributed by atoms with Crippen molar-refractivity contribution in [2.45, 2.75) is 31.7 Å². The van der Waals surface area contributed by atoms with Crippen LogP contribution in [-0.2, 0) is 16.0 Å². The van der Waals surface area contributed by atoms with Crippen molar-refractivity contribution < 1.29 is 9.59 Å². The van der Waals surface area contributed by atoms with Crippen molar-refractivity contribution in [3.05, 3.63) is 41.4 Å². The van der Waals surface area contributed by atoms with E-state index in [9.17, 15) is 9.59 Å². The van der Waals surface area contributed by atoms with E-state index < -0.39 is 6.04 Å². The van der Waals surface area contributed by atoms with Gasteiger partial charge in [-0.25, -0.2) is 4.98 Å². The van der Waals surface area contributed by atoms with Crippen molar-refractivity contribution in [3.63, 3.8) is 0 Å². The number of carbonyl (C=O) groups is 2. The molecule has 0 spiro atoms. The average molecular weight is 329 g/mol. The van der Waals surface area contributed by atoms with Crippen LogP contribution in [0.4, 0.5) is 0 Å². The number of amides is 2. The summed E-state index contributed by atoms with van der Waals surface area (Å²) in [6.07, 6.45) is 2.81. The van der Waals surface area contributed by atoms with E-state index in [1.807, 2.05) is 35.7 Å². The molecule has 3 rings (SSSR count). The molecule has 0 saturated carbocycles. The lowest BCUT2D eigenvalue weighted by molar-refractivity contribution is -0.128. The highest BCUT2D eigenvalue weighted by atomic mass is 32.1. The standard InChI is InChI=1S/C17H19N3O2S/c21-15(20-14-8-4-5-9-18-16(14)22)10-13-11-23-17(19-13)12-6-2-1-3-7-12/h1-3,6-7,11,14H,4-5,8-10H2,(H,18,22)(H,20,21)/t14-/m1/s1. The quantitative estimate of drug-likeness (QED) is 0.903. The molecule has 23 heavy (non-hydrogen) atoms. The largest absolute Gasteiger partial charge is 0.354 e. The molecule has 2 N–H and O–H groups in total. The summed E-state index contributed by atoms with van der Waals surface area (Å²) in [6, 6.07) is 9.47. The Hall–Kier alpha value is -2.21. The summed E-state index contributed by atoms with van der Waals surface area (Å²) in [6.45, 7) is 0.692. The first kappa shape index (κ1) is 15.7. The molecule has 1 saturated heterocycles. The number of thiazole rings is 1. The van der Waals surface area contributed by atoms with Gasteiger partial charge in [0.15, 0.2) is 0 Å². The van der Waals surface area contributed by atoms with Crippen molar-refractivity contribution in [1.82, 2.24) is 15.6 Å². The molecule has 0 aliphatic carbocycles. The summed E-state index contributed by atoms with van der Waals surface area (Å²) in [7, 11) is 0. The SMILES string of the molecule is O=C(Cc1csc(-c2ccccc2)n1)N[C@@H]1CCCCNC1=O. The molecule has 1 atom stereocenters. The van der Waals surface area contributed by atoms with Gasteiger partial charge in [0.2, 0.25) is 11.8 Å². The Bertz CT molecular complexity index is 684. The number of carbonyl (C=O) groups excluding carboxylic acids is 2. The highest BCUT2D eigenvalue weighted by molar-refractivity contribution is 7.13. The predicted octanol–water partition coefficient (Wildman–Crippen LogP) is 2.14. The fraction of sp³-hybridized carbons (Fsp3) is 0.353. The van der Waals surface area contributed by atoms with E-state index in [1.54, 1.807) is 0 Å². The number of hydrogen-bond acceptors (Lipinski definition) is 4. The summed E-state index contributed by atoms with van der Waals surface area (Å²) < 4.78 is 0. The minimum absolute atomic E-state index is 0.0842. The molecular weight excluding hydrogens is 310 g/mol. The van der Waals surface area contributed by atoms with Crippen molar-refractivity contribution in [2.24, 2.45) is 0 Å². The molecule has 6 heteroatoms. The van der Waals surface area contributed by atoms with Gasteiger partial charge in [0.05, 0.1) is 12.1 Å². The van der Waals surface area contributed by atoms with Gasteiger partial charge in [-0.05, 0) is 19.3 Å². The molecule has 1 aliphatic heterocycles. The van der Waals surface area contributed by atoms with Crippen LogP contribution in [0, 0.1) is 0 Å². The number of nitrogens with one attached hydrogen (secondary N) is 2. The van der Waals surface area contributed by atoms with Crippen molar-refractivity contribution in [3.8, 4) is 10.6 Å². The highest BCUT2D eigenvalue weighted by Gasteiger charge is 2.22. The van der Waals surface area contributed by atoms with Crippen molar-refractivity contribution in [1.29, 1.82) is 0 Å². The van der Waals surface area contributed by atoms with E-state index in [4.69, 9.17) is 0 Å². The van der Waals surface area contributed by atoms with E-state index in [1.165, 1.54) is 11.3 Å². The molecule has 0 unspecified atom stereocenters. The van der Waals surface area contributed by atoms with Gasteiger partial charge in [0, 0.05) is 17.5 Å². The highest BCUT2D eigenvalue weighted by Crippen LogP contribution is 2.23. The zero-order valence-electron chi connectivity index (χ0n) is 12.7. The second-order valence-electron chi connectivity index (χ2n) is 5.59. The molecular formula is C17H19N3O2S. The van der Waals surface area contributed by atoms with E-state index in [-0.39, 0.29) is 18.2 Å². The summed E-state index contributed by atoms with van der Waals surface area (Å²) in [5.74, 6) is -0.240. The Morgan fingerprint density at radius 1 is 1.30 bits per heavy atom. The molecule has 2 heterocycles. The van der Waals surface area contributed by atoms with E-state index >= 15 is 0 Å². The predicted molar refractivity (Wildman–Crippen MR) is 90.0 cm³/mol. The molecule has 1 aliphatic rings. The third-order valence-electron chi connectivity index (χ3n) is 3.78. The van der Waals surface area contributed by atoms with E-state index in [0.717, 1.165) is 29.1 Å². The Morgan fingerprint density at radius 3 is 2.96 bits per heavy atom. The van der Waals surface area contributed by atoms with Crippen LogP contribution in [0.2, 0.25) is 0 Å². The number of aromatic nitrogens is 1. The molecule has 1 fully saturated rings. The van der Waals surface area contributed by atoms with Crippen LogP contribution >= 0.6 is 11.3 Å².